The number of hydrogen-bond acceptors (Lipinski definition) is 6. The maximum atomic E-state index is 14.7. The number of aromatic nitrogens is 2. The monoisotopic (exact) mass is 483 g/mol. The Labute approximate surface area is 193 Å². The molecule has 3 N–H and O–H groups in total. The van der Waals surface area contributed by atoms with Crippen molar-refractivity contribution in [3.8, 4) is 11.1 Å². The highest BCUT2D eigenvalue weighted by Gasteiger charge is 2.27. The number of aromatic amines is 1. The zero-order valence-corrected chi connectivity index (χ0v) is 19.0. The van der Waals surface area contributed by atoms with Crippen LogP contribution >= 0.6 is 0 Å². The number of nitrogens with zero attached hydrogens (tertiary/aromatic N) is 1. The van der Waals surface area contributed by atoms with Crippen LogP contribution in [0, 0.1) is 17.9 Å². The van der Waals surface area contributed by atoms with Crippen LogP contribution in [0.4, 0.5) is 10.1 Å². The second-order valence-electron chi connectivity index (χ2n) is 7.85. The van der Waals surface area contributed by atoms with Crippen LogP contribution in [0.3, 0.4) is 0 Å². The van der Waals surface area contributed by atoms with Crippen LogP contribution in [0.2, 0.25) is 0 Å². The molecule has 0 unspecified atom stereocenters. The van der Waals surface area contributed by atoms with E-state index in [0.717, 1.165) is 17.9 Å². The standard InChI is InChI=1S/C23H20FN4O5S/c1-13-5-8-19-17(10-13)20(16-4-3-9-25-22(16)29)21(23(30)27-34(2,32)33)28(19)12-14-11-15(26-31)6-7-18(14)24/h3-11,26H,12H2,1-2H3,(H,25,29)(H,27,30)/q-1. The van der Waals surface area contributed by atoms with Crippen LogP contribution in [0.15, 0.2) is 59.5 Å². The summed E-state index contributed by atoms with van der Waals surface area (Å²) < 4.78 is 41.8. The summed E-state index contributed by atoms with van der Waals surface area (Å²) in [7, 11) is -3.96. The third-order valence-electron chi connectivity index (χ3n) is 5.29. The van der Waals surface area contributed by atoms with Crippen molar-refractivity contribution in [2.75, 3.05) is 11.7 Å². The molecule has 176 valence electrons. The molecule has 34 heavy (non-hydrogen) atoms. The molecule has 0 radical (unpaired) electrons. The maximum Gasteiger partial charge on any atom is 0.282 e. The second-order valence-corrected chi connectivity index (χ2v) is 9.60. The normalized spacial score (nSPS) is 11.5. The summed E-state index contributed by atoms with van der Waals surface area (Å²) in [5, 5.41) is 11.6. The lowest BCUT2D eigenvalue weighted by atomic mass is 10.0. The van der Waals surface area contributed by atoms with Crippen molar-refractivity contribution in [1.29, 1.82) is 0 Å². The SMILES string of the molecule is Cc1ccc2c(c1)c(-c1ccc[nH]c1=O)c(C(=O)NS(C)(=O)=O)n2Cc1cc(N[O-])ccc1F. The lowest BCUT2D eigenvalue weighted by Crippen LogP contribution is -2.32. The maximum absolute atomic E-state index is 14.7. The molecule has 4 rings (SSSR count). The number of fused-ring (bicyclic) bond motifs is 1. The van der Waals surface area contributed by atoms with Gasteiger partial charge in [-0.2, -0.15) is 0 Å². The average molecular weight is 484 g/mol. The van der Waals surface area contributed by atoms with Crippen molar-refractivity contribution >= 4 is 32.5 Å². The largest absolute Gasteiger partial charge is 0.761 e. The lowest BCUT2D eigenvalue weighted by Gasteiger charge is -2.15. The van der Waals surface area contributed by atoms with Crippen LogP contribution in [0.5, 0.6) is 0 Å². The fraction of sp³-hybridized carbons (Fsp3) is 0.130. The van der Waals surface area contributed by atoms with Gasteiger partial charge in [0, 0.05) is 39.5 Å². The van der Waals surface area contributed by atoms with E-state index in [4.69, 9.17) is 0 Å². The van der Waals surface area contributed by atoms with Crippen LogP contribution in [0.25, 0.3) is 22.0 Å². The van der Waals surface area contributed by atoms with Crippen molar-refractivity contribution < 1.29 is 17.6 Å². The van der Waals surface area contributed by atoms with Crippen LogP contribution in [-0.2, 0) is 16.6 Å². The number of carbonyl (C=O) groups excluding carboxylic acids is 1. The summed E-state index contributed by atoms with van der Waals surface area (Å²) >= 11 is 0. The van der Waals surface area contributed by atoms with Crippen LogP contribution in [0.1, 0.15) is 21.6 Å². The topological polar surface area (TPSA) is 136 Å². The predicted molar refractivity (Wildman–Crippen MR) is 128 cm³/mol. The number of carbonyl (C=O) groups is 1. The highest BCUT2D eigenvalue weighted by atomic mass is 32.2. The average Bonchev–Trinajstić information content (AvgIpc) is 3.07. The molecule has 0 saturated carbocycles. The van der Waals surface area contributed by atoms with Gasteiger partial charge in [0.25, 0.3) is 11.5 Å². The summed E-state index contributed by atoms with van der Waals surface area (Å²) in [6, 6.07) is 12.0. The first kappa shape index (κ1) is 23.2. The fourth-order valence-electron chi connectivity index (χ4n) is 3.91. The Bertz CT molecular complexity index is 1590. The number of halogens is 1. The van der Waals surface area contributed by atoms with Crippen molar-refractivity contribution in [1.82, 2.24) is 14.3 Å². The van der Waals surface area contributed by atoms with Gasteiger partial charge in [-0.3, -0.25) is 9.59 Å². The molecule has 0 fully saturated rings. The summed E-state index contributed by atoms with van der Waals surface area (Å²) in [6.07, 6.45) is 2.27. The minimum absolute atomic E-state index is 0.0836. The van der Waals surface area contributed by atoms with Gasteiger partial charge in [-0.15, -0.1) is 0 Å². The number of H-pyrrole nitrogens is 1. The summed E-state index contributed by atoms with van der Waals surface area (Å²) in [5.41, 5.74) is 2.94. The number of pyridine rings is 1. The molecule has 0 atom stereocenters. The molecule has 0 spiro atoms. The second kappa shape index (κ2) is 8.76. The van der Waals surface area contributed by atoms with E-state index in [-0.39, 0.29) is 34.6 Å². The molecule has 2 aromatic heterocycles. The van der Waals surface area contributed by atoms with Gasteiger partial charge < -0.3 is 20.2 Å². The third-order valence-corrected chi connectivity index (χ3v) is 5.85. The van der Waals surface area contributed by atoms with Crippen molar-refractivity contribution in [2.45, 2.75) is 13.5 Å². The van der Waals surface area contributed by atoms with E-state index in [1.165, 1.54) is 29.0 Å². The summed E-state index contributed by atoms with van der Waals surface area (Å²) in [4.78, 5) is 28.5. The highest BCUT2D eigenvalue weighted by Crippen LogP contribution is 2.35. The first-order valence-corrected chi connectivity index (χ1v) is 12.0. The number of sulfonamides is 1. The first-order chi connectivity index (χ1) is 16.1. The van der Waals surface area contributed by atoms with Crippen molar-refractivity contribution in [3.63, 3.8) is 0 Å². The first-order valence-electron chi connectivity index (χ1n) is 10.1. The Hall–Kier alpha value is -3.96. The van der Waals surface area contributed by atoms with Gasteiger partial charge in [0.15, 0.2) is 0 Å². The highest BCUT2D eigenvalue weighted by molar-refractivity contribution is 7.89. The lowest BCUT2D eigenvalue weighted by molar-refractivity contribution is 0.0974. The molecule has 0 bridgehead atoms. The zero-order valence-electron chi connectivity index (χ0n) is 18.2. The Kier molecular flexibility index (Phi) is 5.98. The number of hydrogen-bond donors (Lipinski definition) is 3. The minimum Gasteiger partial charge on any atom is -0.761 e. The van der Waals surface area contributed by atoms with Gasteiger partial charge in [0.1, 0.15) is 11.5 Å². The number of rotatable bonds is 6. The van der Waals surface area contributed by atoms with Gasteiger partial charge in [-0.25, -0.2) is 17.5 Å². The fourth-order valence-corrected chi connectivity index (χ4v) is 4.34. The quantitative estimate of drug-likeness (QED) is 0.361. The van der Waals surface area contributed by atoms with Gasteiger partial charge in [-0.05, 0) is 49.4 Å². The Morgan fingerprint density at radius 3 is 2.62 bits per heavy atom. The van der Waals surface area contributed by atoms with E-state index in [1.807, 2.05) is 11.6 Å². The number of aryl methyl sites for hydroxylation is 1. The smallest absolute Gasteiger partial charge is 0.282 e. The molecule has 0 aliphatic rings. The number of anilines is 1. The zero-order chi connectivity index (χ0) is 24.6. The Balaban J connectivity index is 2.09. The summed E-state index contributed by atoms with van der Waals surface area (Å²) in [6.45, 7) is 1.62. The molecule has 0 aliphatic carbocycles. The van der Waals surface area contributed by atoms with Crippen LogP contribution < -0.4 is 15.8 Å². The van der Waals surface area contributed by atoms with Crippen molar-refractivity contribution in [3.05, 3.63) is 92.9 Å². The summed E-state index contributed by atoms with van der Waals surface area (Å²) in [5.74, 6) is -1.60. The van der Waals surface area contributed by atoms with Gasteiger partial charge >= 0.3 is 0 Å². The van der Waals surface area contributed by atoms with E-state index >= 15 is 0 Å². The predicted octanol–water partition coefficient (Wildman–Crippen LogP) is 3.09. The molecule has 9 nitrogen and oxygen atoms in total. The molecule has 4 aromatic rings. The molecule has 0 aliphatic heterocycles. The molecule has 2 aromatic carbocycles. The molecule has 1 amide bonds. The molecule has 0 saturated heterocycles. The molecular formula is C23H20FN4O5S-. The number of benzene rings is 2. The van der Waals surface area contributed by atoms with E-state index in [2.05, 4.69) is 4.98 Å². The third kappa shape index (κ3) is 4.43. The molecule has 11 heteroatoms. The number of amides is 1. The number of nitrogens with one attached hydrogen (secondary N) is 3. The van der Waals surface area contributed by atoms with Gasteiger partial charge in [0.05, 0.1) is 12.8 Å². The van der Waals surface area contributed by atoms with E-state index in [1.54, 1.807) is 29.7 Å². The van der Waals surface area contributed by atoms with E-state index in [0.29, 0.717) is 10.9 Å². The van der Waals surface area contributed by atoms with Crippen LogP contribution in [-0.4, -0.2) is 30.1 Å². The van der Waals surface area contributed by atoms with E-state index in [9.17, 15) is 27.6 Å². The molecule has 2 heterocycles. The Morgan fingerprint density at radius 1 is 1.18 bits per heavy atom. The van der Waals surface area contributed by atoms with Gasteiger partial charge in [0.2, 0.25) is 10.0 Å². The Morgan fingerprint density at radius 2 is 1.94 bits per heavy atom. The molecular weight excluding hydrogens is 463 g/mol. The minimum atomic E-state index is -3.96. The van der Waals surface area contributed by atoms with Gasteiger partial charge in [-0.1, -0.05) is 11.6 Å². The van der Waals surface area contributed by atoms with Crippen molar-refractivity contribution in [2.24, 2.45) is 0 Å². The van der Waals surface area contributed by atoms with E-state index < -0.39 is 27.3 Å².